The fourth-order valence-electron chi connectivity index (χ4n) is 2.11. The number of aliphatic hydroxyl groups excluding tert-OH is 1. The van der Waals surface area contributed by atoms with Crippen molar-refractivity contribution in [2.75, 3.05) is 6.61 Å². The Morgan fingerprint density at radius 3 is 2.65 bits per heavy atom. The summed E-state index contributed by atoms with van der Waals surface area (Å²) in [4.78, 5) is 0. The van der Waals surface area contributed by atoms with Gasteiger partial charge in [-0.25, -0.2) is 0 Å². The molecule has 0 aromatic rings. The highest BCUT2D eigenvalue weighted by Crippen LogP contribution is 2.37. The van der Waals surface area contributed by atoms with Crippen LogP contribution in [0.3, 0.4) is 0 Å². The van der Waals surface area contributed by atoms with Crippen LogP contribution in [-0.2, 0) is 9.47 Å². The third-order valence-electron chi connectivity index (χ3n) is 3.66. The van der Waals surface area contributed by atoms with E-state index in [1.165, 1.54) is 0 Å². The van der Waals surface area contributed by atoms with Crippen LogP contribution in [0.2, 0.25) is 0 Å². The normalized spacial score (nSPS) is 37.2. The Bertz CT molecular complexity index is 300. The predicted molar refractivity (Wildman–Crippen MR) is 64.5 cm³/mol. The highest BCUT2D eigenvalue weighted by atomic mass is 16.5. The van der Waals surface area contributed by atoms with Gasteiger partial charge in [0.2, 0.25) is 0 Å². The molecule has 0 radical (unpaired) electrons. The number of aliphatic hydroxyl groups is 1. The largest absolute Gasteiger partial charge is 0.391 e. The average Bonchev–Trinajstić information content (AvgIpc) is 2.29. The number of hydrogen-bond donors (Lipinski definition) is 1. The van der Waals surface area contributed by atoms with Gasteiger partial charge >= 0.3 is 0 Å². The van der Waals surface area contributed by atoms with Crippen LogP contribution in [-0.4, -0.2) is 35.1 Å². The van der Waals surface area contributed by atoms with E-state index in [-0.39, 0.29) is 11.7 Å². The van der Waals surface area contributed by atoms with Gasteiger partial charge in [-0.2, -0.15) is 5.26 Å². The topological polar surface area (TPSA) is 62.5 Å². The van der Waals surface area contributed by atoms with Crippen molar-refractivity contribution in [3.05, 3.63) is 0 Å². The quantitative estimate of drug-likeness (QED) is 0.818. The van der Waals surface area contributed by atoms with E-state index in [2.05, 4.69) is 6.07 Å². The van der Waals surface area contributed by atoms with Crippen LogP contribution in [0, 0.1) is 11.3 Å². The Labute approximate surface area is 104 Å². The molecule has 0 aromatic carbocycles. The summed E-state index contributed by atoms with van der Waals surface area (Å²) in [7, 11) is 0. The average molecular weight is 241 g/mol. The van der Waals surface area contributed by atoms with E-state index in [9.17, 15) is 10.4 Å². The summed E-state index contributed by atoms with van der Waals surface area (Å²) >= 11 is 0. The minimum Gasteiger partial charge on any atom is -0.391 e. The molecule has 1 saturated heterocycles. The highest BCUT2D eigenvalue weighted by molar-refractivity contribution is 5.08. The molecule has 1 N–H and O–H groups in total. The molecule has 4 unspecified atom stereocenters. The van der Waals surface area contributed by atoms with Gasteiger partial charge in [-0.1, -0.05) is 6.92 Å². The second kappa shape index (κ2) is 5.34. The standard InChI is InChI=1S/C13H23NO3/c1-5-12(4)8-13(9-14,6-7-16-12)17-11(3)10(2)15/h10-11,15H,5-8H2,1-4H3. The van der Waals surface area contributed by atoms with E-state index >= 15 is 0 Å². The van der Waals surface area contributed by atoms with Crippen LogP contribution in [0.4, 0.5) is 0 Å². The first-order valence-corrected chi connectivity index (χ1v) is 6.27. The number of nitriles is 1. The minimum absolute atomic E-state index is 0.299. The molecular weight excluding hydrogens is 218 g/mol. The summed E-state index contributed by atoms with van der Waals surface area (Å²) in [6.07, 6.45) is 1.06. The molecule has 0 aromatic heterocycles. The third-order valence-corrected chi connectivity index (χ3v) is 3.66. The van der Waals surface area contributed by atoms with E-state index in [0.29, 0.717) is 19.4 Å². The lowest BCUT2D eigenvalue weighted by Gasteiger charge is -2.43. The summed E-state index contributed by atoms with van der Waals surface area (Å²) < 4.78 is 11.5. The van der Waals surface area contributed by atoms with Gasteiger partial charge in [0.25, 0.3) is 0 Å². The van der Waals surface area contributed by atoms with Gasteiger partial charge < -0.3 is 14.6 Å². The van der Waals surface area contributed by atoms with Crippen LogP contribution in [0.5, 0.6) is 0 Å². The molecule has 0 spiro atoms. The minimum atomic E-state index is -0.820. The first-order valence-electron chi connectivity index (χ1n) is 6.27. The van der Waals surface area contributed by atoms with Crippen molar-refractivity contribution >= 4 is 0 Å². The molecule has 0 amide bonds. The first kappa shape index (κ1) is 14.4. The zero-order chi connectivity index (χ0) is 13.1. The first-order chi connectivity index (χ1) is 7.86. The monoisotopic (exact) mass is 241 g/mol. The van der Waals surface area contributed by atoms with Crippen LogP contribution >= 0.6 is 0 Å². The molecule has 1 fully saturated rings. The van der Waals surface area contributed by atoms with Gasteiger partial charge in [0, 0.05) is 12.8 Å². The van der Waals surface area contributed by atoms with Crippen LogP contribution < -0.4 is 0 Å². The molecule has 1 aliphatic heterocycles. The van der Waals surface area contributed by atoms with E-state index in [1.807, 2.05) is 13.8 Å². The van der Waals surface area contributed by atoms with Crippen molar-refractivity contribution in [1.29, 1.82) is 5.26 Å². The number of hydrogen-bond acceptors (Lipinski definition) is 4. The molecule has 1 aliphatic rings. The van der Waals surface area contributed by atoms with Crippen molar-refractivity contribution < 1.29 is 14.6 Å². The second-order valence-corrected chi connectivity index (χ2v) is 5.25. The van der Waals surface area contributed by atoms with Crippen LogP contribution in [0.15, 0.2) is 0 Å². The van der Waals surface area contributed by atoms with Gasteiger partial charge in [0.05, 0.1) is 30.5 Å². The maximum Gasteiger partial charge on any atom is 0.159 e. The SMILES string of the molecule is CCC1(C)CC(C#N)(OC(C)C(C)O)CCO1. The van der Waals surface area contributed by atoms with E-state index in [0.717, 1.165) is 6.42 Å². The third kappa shape index (κ3) is 3.41. The highest BCUT2D eigenvalue weighted by Gasteiger charge is 2.45. The van der Waals surface area contributed by atoms with E-state index in [4.69, 9.17) is 9.47 Å². The molecule has 4 nitrogen and oxygen atoms in total. The molecule has 1 rings (SSSR count). The van der Waals surface area contributed by atoms with Gasteiger partial charge in [-0.05, 0) is 27.2 Å². The summed E-state index contributed by atoms with van der Waals surface area (Å²) in [6.45, 7) is 8.06. The molecule has 0 aliphatic carbocycles. The molecule has 17 heavy (non-hydrogen) atoms. The lowest BCUT2D eigenvalue weighted by Crippen LogP contribution is -2.50. The maximum absolute atomic E-state index is 9.48. The van der Waals surface area contributed by atoms with Crippen molar-refractivity contribution in [2.24, 2.45) is 0 Å². The van der Waals surface area contributed by atoms with Gasteiger partial charge in [-0.3, -0.25) is 0 Å². The fourth-order valence-corrected chi connectivity index (χ4v) is 2.11. The maximum atomic E-state index is 9.48. The molecule has 4 heteroatoms. The van der Waals surface area contributed by atoms with Crippen LogP contribution in [0.25, 0.3) is 0 Å². The summed E-state index contributed by atoms with van der Waals surface area (Å²) in [5.74, 6) is 0. The summed E-state index contributed by atoms with van der Waals surface area (Å²) in [6, 6.07) is 2.28. The lowest BCUT2D eigenvalue weighted by atomic mass is 9.82. The predicted octanol–water partition coefficient (Wildman–Crippen LogP) is 2.01. The van der Waals surface area contributed by atoms with Crippen molar-refractivity contribution in [1.82, 2.24) is 0 Å². The smallest absolute Gasteiger partial charge is 0.159 e. The number of rotatable bonds is 4. The van der Waals surface area contributed by atoms with E-state index < -0.39 is 11.7 Å². The lowest BCUT2D eigenvalue weighted by molar-refractivity contribution is -0.181. The number of nitrogens with zero attached hydrogens (tertiary/aromatic N) is 1. The molecule has 4 atom stereocenters. The second-order valence-electron chi connectivity index (χ2n) is 5.25. The Balaban J connectivity index is 2.79. The summed E-state index contributed by atoms with van der Waals surface area (Å²) in [5.41, 5.74) is -1.12. The Morgan fingerprint density at radius 2 is 2.18 bits per heavy atom. The Hall–Kier alpha value is -0.630. The summed E-state index contributed by atoms with van der Waals surface area (Å²) in [5, 5.41) is 18.9. The van der Waals surface area contributed by atoms with Crippen molar-refractivity contribution in [3.8, 4) is 6.07 Å². The zero-order valence-corrected chi connectivity index (χ0v) is 11.2. The van der Waals surface area contributed by atoms with Gasteiger partial charge in [0.15, 0.2) is 5.60 Å². The van der Waals surface area contributed by atoms with Gasteiger partial charge in [0.1, 0.15) is 0 Å². The zero-order valence-electron chi connectivity index (χ0n) is 11.2. The van der Waals surface area contributed by atoms with Gasteiger partial charge in [-0.15, -0.1) is 0 Å². The molecule has 0 bridgehead atoms. The number of ether oxygens (including phenoxy) is 2. The van der Waals surface area contributed by atoms with Crippen molar-refractivity contribution in [2.45, 2.75) is 70.4 Å². The molecule has 98 valence electrons. The van der Waals surface area contributed by atoms with E-state index in [1.54, 1.807) is 13.8 Å². The Morgan fingerprint density at radius 1 is 1.53 bits per heavy atom. The molecular formula is C13H23NO3. The molecule has 1 heterocycles. The Kier molecular flexibility index (Phi) is 4.54. The van der Waals surface area contributed by atoms with Crippen LogP contribution in [0.1, 0.15) is 47.0 Å². The molecule has 0 saturated carbocycles. The van der Waals surface area contributed by atoms with Crippen molar-refractivity contribution in [3.63, 3.8) is 0 Å². The fraction of sp³-hybridized carbons (Fsp3) is 0.923.